The Hall–Kier alpha value is -1.80. The molecule has 2 rings (SSSR count). The van der Waals surface area contributed by atoms with Gasteiger partial charge in [0.2, 0.25) is 0 Å². The molecule has 6 heteroatoms. The van der Waals surface area contributed by atoms with Crippen molar-refractivity contribution in [2.45, 2.75) is 19.6 Å². The van der Waals surface area contributed by atoms with Crippen LogP contribution in [0.2, 0.25) is 0 Å². The molecule has 2 aromatic rings. The van der Waals surface area contributed by atoms with Crippen LogP contribution < -0.4 is 15.4 Å². The number of guanidine groups is 1. The zero-order valence-electron chi connectivity index (χ0n) is 14.6. The van der Waals surface area contributed by atoms with E-state index in [9.17, 15) is 5.11 Å². The maximum Gasteiger partial charge on any atom is 0.191 e. The molecular formula is C19H26IN3O2. The van der Waals surface area contributed by atoms with Crippen LogP contribution in [0, 0.1) is 0 Å². The fourth-order valence-corrected chi connectivity index (χ4v) is 2.26. The smallest absolute Gasteiger partial charge is 0.191 e. The Labute approximate surface area is 166 Å². The van der Waals surface area contributed by atoms with E-state index in [4.69, 9.17) is 4.74 Å². The molecule has 0 aliphatic carbocycles. The standard InChI is InChI=1S/C19H25N3O2.HI/c1-3-20-19(21-13-15-8-5-4-6-9-15)22-14-18(23)16-10-7-11-17(12-16)24-2;/h4-12,18,23H,3,13-14H2,1-2H3,(H2,20,21,22);1H. The Bertz CT molecular complexity index is 650. The summed E-state index contributed by atoms with van der Waals surface area (Å²) in [5, 5.41) is 16.7. The van der Waals surface area contributed by atoms with E-state index < -0.39 is 6.10 Å². The first-order valence-corrected chi connectivity index (χ1v) is 8.11. The number of aliphatic hydroxyl groups excluding tert-OH is 1. The van der Waals surface area contributed by atoms with Crippen LogP contribution in [-0.2, 0) is 6.54 Å². The number of aliphatic imine (C=N–C) groups is 1. The third-order valence-corrected chi connectivity index (χ3v) is 3.55. The number of nitrogens with zero attached hydrogens (tertiary/aromatic N) is 1. The molecule has 0 saturated heterocycles. The van der Waals surface area contributed by atoms with E-state index in [1.807, 2.05) is 61.5 Å². The molecule has 2 aromatic carbocycles. The van der Waals surface area contributed by atoms with E-state index >= 15 is 0 Å². The molecular weight excluding hydrogens is 429 g/mol. The minimum Gasteiger partial charge on any atom is -0.497 e. The highest BCUT2D eigenvalue weighted by molar-refractivity contribution is 14.0. The molecule has 0 bridgehead atoms. The predicted octanol–water partition coefficient (Wildman–Crippen LogP) is 3.10. The van der Waals surface area contributed by atoms with Gasteiger partial charge in [-0.15, -0.1) is 24.0 Å². The highest BCUT2D eigenvalue weighted by Gasteiger charge is 2.09. The number of nitrogens with one attached hydrogen (secondary N) is 2. The van der Waals surface area contributed by atoms with Gasteiger partial charge in [-0.2, -0.15) is 0 Å². The minimum atomic E-state index is -0.638. The molecule has 0 saturated carbocycles. The van der Waals surface area contributed by atoms with E-state index in [0.717, 1.165) is 23.4 Å². The van der Waals surface area contributed by atoms with Crippen LogP contribution in [0.5, 0.6) is 5.75 Å². The van der Waals surface area contributed by atoms with Gasteiger partial charge in [-0.3, -0.25) is 0 Å². The fourth-order valence-electron chi connectivity index (χ4n) is 2.26. The summed E-state index contributed by atoms with van der Waals surface area (Å²) in [5.41, 5.74) is 1.95. The molecule has 5 nitrogen and oxygen atoms in total. The second-order valence-corrected chi connectivity index (χ2v) is 5.35. The maximum atomic E-state index is 10.3. The Morgan fingerprint density at radius 3 is 2.56 bits per heavy atom. The van der Waals surface area contributed by atoms with Crippen molar-refractivity contribution in [2.75, 3.05) is 20.2 Å². The van der Waals surface area contributed by atoms with Gasteiger partial charge >= 0.3 is 0 Å². The second kappa shape index (κ2) is 11.7. The lowest BCUT2D eigenvalue weighted by molar-refractivity contribution is 0.180. The van der Waals surface area contributed by atoms with Crippen LogP contribution in [0.1, 0.15) is 24.2 Å². The maximum absolute atomic E-state index is 10.3. The van der Waals surface area contributed by atoms with Gasteiger partial charge in [-0.1, -0.05) is 42.5 Å². The molecule has 0 spiro atoms. The Balaban J connectivity index is 0.00000312. The summed E-state index contributed by atoms with van der Waals surface area (Å²) in [6.07, 6.45) is -0.638. The summed E-state index contributed by atoms with van der Waals surface area (Å²) in [7, 11) is 1.61. The van der Waals surface area contributed by atoms with Gasteiger partial charge in [0.05, 0.1) is 19.8 Å². The van der Waals surface area contributed by atoms with Gasteiger partial charge in [0.1, 0.15) is 5.75 Å². The number of methoxy groups -OCH3 is 1. The summed E-state index contributed by atoms with van der Waals surface area (Å²) in [6.45, 7) is 3.73. The molecule has 0 aromatic heterocycles. The van der Waals surface area contributed by atoms with Crippen molar-refractivity contribution in [1.29, 1.82) is 0 Å². The first kappa shape index (κ1) is 21.2. The molecule has 0 radical (unpaired) electrons. The first-order valence-electron chi connectivity index (χ1n) is 8.11. The molecule has 25 heavy (non-hydrogen) atoms. The Morgan fingerprint density at radius 1 is 1.12 bits per heavy atom. The summed E-state index contributed by atoms with van der Waals surface area (Å²) in [4.78, 5) is 4.54. The van der Waals surface area contributed by atoms with Crippen molar-refractivity contribution in [2.24, 2.45) is 4.99 Å². The van der Waals surface area contributed by atoms with Crippen LogP contribution in [0.3, 0.4) is 0 Å². The number of benzene rings is 2. The lowest BCUT2D eigenvalue weighted by Gasteiger charge is -2.16. The first-order chi connectivity index (χ1) is 11.7. The zero-order valence-corrected chi connectivity index (χ0v) is 16.9. The number of rotatable bonds is 7. The van der Waals surface area contributed by atoms with Gasteiger partial charge in [-0.25, -0.2) is 4.99 Å². The van der Waals surface area contributed by atoms with E-state index in [2.05, 4.69) is 15.6 Å². The average Bonchev–Trinajstić information content (AvgIpc) is 2.64. The van der Waals surface area contributed by atoms with Crippen LogP contribution >= 0.6 is 24.0 Å². The highest BCUT2D eigenvalue weighted by atomic mass is 127. The van der Waals surface area contributed by atoms with Crippen LogP contribution in [0.15, 0.2) is 59.6 Å². The van der Waals surface area contributed by atoms with Gasteiger partial charge in [0, 0.05) is 13.1 Å². The summed E-state index contributed by atoms with van der Waals surface area (Å²) >= 11 is 0. The summed E-state index contributed by atoms with van der Waals surface area (Å²) in [6, 6.07) is 17.5. The number of hydrogen-bond acceptors (Lipinski definition) is 3. The molecule has 1 atom stereocenters. The second-order valence-electron chi connectivity index (χ2n) is 5.35. The van der Waals surface area contributed by atoms with Crippen LogP contribution in [0.25, 0.3) is 0 Å². The topological polar surface area (TPSA) is 65.9 Å². The van der Waals surface area contributed by atoms with Crippen LogP contribution in [-0.4, -0.2) is 31.3 Å². The van der Waals surface area contributed by atoms with Crippen molar-refractivity contribution >= 4 is 29.9 Å². The molecule has 0 aliphatic rings. The molecule has 0 amide bonds. The zero-order chi connectivity index (χ0) is 17.2. The Morgan fingerprint density at radius 2 is 1.88 bits per heavy atom. The van der Waals surface area contributed by atoms with Gasteiger partial charge in [-0.05, 0) is 30.2 Å². The van der Waals surface area contributed by atoms with Gasteiger partial charge in [0.15, 0.2) is 5.96 Å². The number of ether oxygens (including phenoxy) is 1. The number of hydrogen-bond donors (Lipinski definition) is 3. The largest absolute Gasteiger partial charge is 0.497 e. The van der Waals surface area contributed by atoms with Crippen molar-refractivity contribution in [3.8, 4) is 5.75 Å². The molecule has 1 unspecified atom stereocenters. The molecule has 0 heterocycles. The molecule has 136 valence electrons. The van der Waals surface area contributed by atoms with Gasteiger partial charge in [0.25, 0.3) is 0 Å². The molecule has 0 aliphatic heterocycles. The fraction of sp³-hybridized carbons (Fsp3) is 0.316. The normalized spacial score (nSPS) is 12.0. The van der Waals surface area contributed by atoms with Crippen molar-refractivity contribution < 1.29 is 9.84 Å². The SMILES string of the molecule is CCNC(=NCc1ccccc1)NCC(O)c1cccc(OC)c1.I. The summed E-state index contributed by atoms with van der Waals surface area (Å²) < 4.78 is 5.19. The van der Waals surface area contributed by atoms with Crippen LogP contribution in [0.4, 0.5) is 0 Å². The third-order valence-electron chi connectivity index (χ3n) is 3.55. The lowest BCUT2D eigenvalue weighted by atomic mass is 10.1. The molecule has 0 fully saturated rings. The molecule has 3 N–H and O–H groups in total. The average molecular weight is 455 g/mol. The van der Waals surface area contributed by atoms with E-state index in [-0.39, 0.29) is 24.0 Å². The lowest BCUT2D eigenvalue weighted by Crippen LogP contribution is -2.39. The summed E-state index contributed by atoms with van der Waals surface area (Å²) in [5.74, 6) is 1.42. The van der Waals surface area contributed by atoms with E-state index in [0.29, 0.717) is 19.0 Å². The number of aliphatic hydroxyl groups is 1. The van der Waals surface area contributed by atoms with Crippen molar-refractivity contribution in [3.63, 3.8) is 0 Å². The van der Waals surface area contributed by atoms with Gasteiger partial charge < -0.3 is 20.5 Å². The predicted molar refractivity (Wildman–Crippen MR) is 113 cm³/mol. The van der Waals surface area contributed by atoms with E-state index in [1.165, 1.54) is 0 Å². The highest BCUT2D eigenvalue weighted by Crippen LogP contribution is 2.18. The van der Waals surface area contributed by atoms with Crippen molar-refractivity contribution in [3.05, 3.63) is 65.7 Å². The van der Waals surface area contributed by atoms with E-state index in [1.54, 1.807) is 7.11 Å². The minimum absolute atomic E-state index is 0. The number of halogens is 1. The van der Waals surface area contributed by atoms with Crippen molar-refractivity contribution in [1.82, 2.24) is 10.6 Å². The third kappa shape index (κ3) is 7.31. The Kier molecular flexibility index (Phi) is 9.94. The quantitative estimate of drug-likeness (QED) is 0.341. The monoisotopic (exact) mass is 455 g/mol.